The normalized spacial score (nSPS) is 12.1. The maximum atomic E-state index is 13.3. The predicted octanol–water partition coefficient (Wildman–Crippen LogP) is 4.27. The van der Waals surface area contributed by atoms with Crippen molar-refractivity contribution in [3.05, 3.63) is 47.4 Å². The van der Waals surface area contributed by atoms with Crippen LogP contribution in [-0.4, -0.2) is 14.8 Å². The maximum absolute atomic E-state index is 13.3. The van der Waals surface area contributed by atoms with Crippen LogP contribution in [0.1, 0.15) is 17.0 Å². The first kappa shape index (κ1) is 14.6. The smallest absolute Gasteiger partial charge is 0.272 e. The van der Waals surface area contributed by atoms with E-state index in [1.54, 1.807) is 37.4 Å². The highest BCUT2D eigenvalue weighted by Gasteiger charge is 2.38. The van der Waals surface area contributed by atoms with Gasteiger partial charge in [0.15, 0.2) is 5.69 Å². The summed E-state index contributed by atoms with van der Waals surface area (Å²) in [6.07, 6.45) is -2.86. The van der Waals surface area contributed by atoms with E-state index in [0.29, 0.717) is 22.2 Å². The summed E-state index contributed by atoms with van der Waals surface area (Å²) in [6, 6.07) is 7.01. The molecule has 3 nitrogen and oxygen atoms in total. The molecule has 1 aromatic carbocycles. The zero-order valence-electron chi connectivity index (χ0n) is 12.4. The molecule has 0 N–H and O–H groups in total. The number of nitrogens with zero attached hydrogens (tertiary/aromatic N) is 3. The molecular weight excluding hydrogens is 291 g/mol. The van der Waals surface area contributed by atoms with Crippen molar-refractivity contribution >= 4 is 10.9 Å². The van der Waals surface area contributed by atoms with Gasteiger partial charge in [-0.15, -0.1) is 0 Å². The molecule has 0 amide bonds. The second-order valence-electron chi connectivity index (χ2n) is 5.26. The van der Waals surface area contributed by atoms with Gasteiger partial charge in [0.2, 0.25) is 0 Å². The Morgan fingerprint density at radius 1 is 1.09 bits per heavy atom. The molecule has 22 heavy (non-hydrogen) atoms. The van der Waals surface area contributed by atoms with E-state index < -0.39 is 11.9 Å². The minimum Gasteiger partial charge on any atom is -0.272 e. The van der Waals surface area contributed by atoms with E-state index in [-0.39, 0.29) is 5.56 Å². The van der Waals surface area contributed by atoms with Crippen molar-refractivity contribution in [1.29, 1.82) is 0 Å². The van der Waals surface area contributed by atoms with Gasteiger partial charge in [-0.3, -0.25) is 9.67 Å². The molecule has 0 saturated carbocycles. The van der Waals surface area contributed by atoms with Gasteiger partial charge in [0, 0.05) is 29.9 Å². The zero-order chi connectivity index (χ0) is 16.1. The van der Waals surface area contributed by atoms with Gasteiger partial charge >= 0.3 is 6.18 Å². The Balaban J connectivity index is 2.41. The van der Waals surface area contributed by atoms with Crippen molar-refractivity contribution in [2.24, 2.45) is 7.05 Å². The third-order valence-electron chi connectivity index (χ3n) is 3.84. The van der Waals surface area contributed by atoms with Gasteiger partial charge in [-0.2, -0.15) is 18.3 Å². The van der Waals surface area contributed by atoms with Crippen LogP contribution in [0, 0.1) is 13.8 Å². The Morgan fingerprint density at radius 2 is 1.82 bits per heavy atom. The summed E-state index contributed by atoms with van der Waals surface area (Å²) in [5, 5.41) is 4.36. The Morgan fingerprint density at radius 3 is 2.50 bits per heavy atom. The molecule has 3 rings (SSSR count). The van der Waals surface area contributed by atoms with Crippen molar-refractivity contribution in [1.82, 2.24) is 14.8 Å². The Kier molecular flexibility index (Phi) is 3.20. The maximum Gasteiger partial charge on any atom is 0.435 e. The van der Waals surface area contributed by atoms with Crippen LogP contribution >= 0.6 is 0 Å². The third kappa shape index (κ3) is 2.15. The Bertz CT molecular complexity index is 863. The summed E-state index contributed by atoms with van der Waals surface area (Å²) in [4.78, 5) is 4.29. The number of fused-ring (bicyclic) bond motifs is 1. The third-order valence-corrected chi connectivity index (χ3v) is 3.84. The summed E-state index contributed by atoms with van der Waals surface area (Å²) >= 11 is 0. The van der Waals surface area contributed by atoms with Crippen LogP contribution in [0.15, 0.2) is 30.5 Å². The molecule has 0 unspecified atom stereocenters. The molecule has 0 bridgehead atoms. The number of aromatic nitrogens is 3. The molecule has 0 radical (unpaired) electrons. The van der Waals surface area contributed by atoms with Gasteiger partial charge in [0.05, 0.1) is 5.52 Å². The fourth-order valence-electron chi connectivity index (χ4n) is 2.66. The Hall–Kier alpha value is -2.37. The Labute approximate surface area is 125 Å². The van der Waals surface area contributed by atoms with Gasteiger partial charge < -0.3 is 0 Å². The molecular formula is C16H14F3N3. The fourth-order valence-corrected chi connectivity index (χ4v) is 2.66. The number of hydrogen-bond acceptors (Lipinski definition) is 2. The van der Waals surface area contributed by atoms with Gasteiger partial charge in [0.25, 0.3) is 0 Å². The van der Waals surface area contributed by atoms with Crippen LogP contribution in [0.3, 0.4) is 0 Å². The average molecular weight is 305 g/mol. The van der Waals surface area contributed by atoms with E-state index >= 15 is 0 Å². The summed E-state index contributed by atoms with van der Waals surface area (Å²) in [6.45, 7) is 3.53. The van der Waals surface area contributed by atoms with Gasteiger partial charge in [-0.25, -0.2) is 0 Å². The van der Waals surface area contributed by atoms with Crippen LogP contribution in [0.2, 0.25) is 0 Å². The summed E-state index contributed by atoms with van der Waals surface area (Å²) < 4.78 is 41.2. The minimum atomic E-state index is -4.50. The average Bonchev–Trinajstić information content (AvgIpc) is 2.76. The van der Waals surface area contributed by atoms with Crippen molar-refractivity contribution in [2.75, 3.05) is 0 Å². The quantitative estimate of drug-likeness (QED) is 0.672. The van der Waals surface area contributed by atoms with E-state index in [9.17, 15) is 13.2 Å². The van der Waals surface area contributed by atoms with Crippen LogP contribution in [-0.2, 0) is 13.2 Å². The molecule has 0 aliphatic heterocycles. The molecule has 0 spiro atoms. The van der Waals surface area contributed by atoms with Crippen molar-refractivity contribution in [2.45, 2.75) is 20.0 Å². The monoisotopic (exact) mass is 305 g/mol. The molecule has 0 atom stereocenters. The molecule has 6 heteroatoms. The number of rotatable bonds is 1. The second-order valence-corrected chi connectivity index (χ2v) is 5.26. The lowest BCUT2D eigenvalue weighted by Crippen LogP contribution is -2.08. The number of alkyl halides is 3. The van der Waals surface area contributed by atoms with E-state index in [1.807, 2.05) is 6.92 Å². The molecule has 0 aliphatic rings. The fraction of sp³-hybridized carbons (Fsp3) is 0.250. The van der Waals surface area contributed by atoms with Crippen LogP contribution in [0.25, 0.3) is 22.0 Å². The number of halogens is 3. The minimum absolute atomic E-state index is 0.119. The van der Waals surface area contributed by atoms with E-state index in [4.69, 9.17) is 0 Å². The highest BCUT2D eigenvalue weighted by molar-refractivity contribution is 5.97. The highest BCUT2D eigenvalue weighted by Crippen LogP contribution is 2.40. The molecule has 2 aromatic heterocycles. The topological polar surface area (TPSA) is 30.7 Å². The van der Waals surface area contributed by atoms with E-state index in [0.717, 1.165) is 5.56 Å². The van der Waals surface area contributed by atoms with Gasteiger partial charge in [-0.1, -0.05) is 18.2 Å². The predicted molar refractivity (Wildman–Crippen MR) is 78.4 cm³/mol. The van der Waals surface area contributed by atoms with E-state index in [1.165, 1.54) is 11.7 Å². The molecule has 2 heterocycles. The summed E-state index contributed by atoms with van der Waals surface area (Å²) in [7, 11) is 1.52. The largest absolute Gasteiger partial charge is 0.435 e. The molecule has 0 fully saturated rings. The molecule has 0 aliphatic carbocycles. The summed E-state index contributed by atoms with van der Waals surface area (Å²) in [5.41, 5.74) is 1.87. The number of pyridine rings is 1. The van der Waals surface area contributed by atoms with Crippen LogP contribution < -0.4 is 0 Å². The van der Waals surface area contributed by atoms with Crippen molar-refractivity contribution in [3.8, 4) is 11.1 Å². The first-order valence-electron chi connectivity index (χ1n) is 6.76. The number of hydrogen-bond donors (Lipinski definition) is 0. The highest BCUT2D eigenvalue weighted by atomic mass is 19.4. The van der Waals surface area contributed by atoms with Gasteiger partial charge in [0.1, 0.15) is 0 Å². The molecule has 0 saturated heterocycles. The lowest BCUT2D eigenvalue weighted by atomic mass is 9.96. The second kappa shape index (κ2) is 4.83. The lowest BCUT2D eigenvalue weighted by Gasteiger charge is -2.11. The number of benzene rings is 1. The van der Waals surface area contributed by atoms with Crippen molar-refractivity contribution < 1.29 is 13.2 Å². The van der Waals surface area contributed by atoms with Crippen LogP contribution in [0.5, 0.6) is 0 Å². The summed E-state index contributed by atoms with van der Waals surface area (Å²) in [5.74, 6) is 0. The van der Waals surface area contributed by atoms with E-state index in [2.05, 4.69) is 10.1 Å². The SMILES string of the molecule is Cc1ccc(-c2c(C(F)(F)F)nn(C)c2C)c2cccnc12. The molecule has 114 valence electrons. The standard InChI is InChI=1S/C16H14F3N3/c1-9-6-7-11(12-5-4-8-20-14(9)12)13-10(2)22(3)21-15(13)16(17,18)19/h4-8H,1-3H3. The first-order chi connectivity index (χ1) is 10.3. The van der Waals surface area contributed by atoms with Gasteiger partial charge in [-0.05, 0) is 31.0 Å². The zero-order valence-corrected chi connectivity index (χ0v) is 12.4. The molecule has 3 aromatic rings. The van der Waals surface area contributed by atoms with Crippen LogP contribution in [0.4, 0.5) is 13.2 Å². The first-order valence-corrected chi connectivity index (χ1v) is 6.76. The van der Waals surface area contributed by atoms with Crippen molar-refractivity contribution in [3.63, 3.8) is 0 Å². The lowest BCUT2D eigenvalue weighted by molar-refractivity contribution is -0.140. The number of aryl methyl sites for hydroxylation is 2.